The molecule has 1 saturated heterocycles. The Morgan fingerprint density at radius 2 is 1.54 bits per heavy atom. The second kappa shape index (κ2) is 19.9. The van der Waals surface area contributed by atoms with Crippen LogP contribution in [0.5, 0.6) is 11.5 Å². The summed E-state index contributed by atoms with van der Waals surface area (Å²) in [6.45, 7) is 9.63. The molecular formula is C41H52N5O9PTe. The number of aromatic nitrogens is 2. The first-order valence-corrected chi connectivity index (χ1v) is 23.2. The van der Waals surface area contributed by atoms with Gasteiger partial charge in [-0.1, -0.05) is 0 Å². The molecule has 3 aromatic carbocycles. The van der Waals surface area contributed by atoms with Crippen molar-refractivity contribution in [3.8, 4) is 17.6 Å². The molecule has 2 heterocycles. The summed E-state index contributed by atoms with van der Waals surface area (Å²) in [6, 6.07) is 27.2. The van der Waals surface area contributed by atoms with Crippen LogP contribution in [0.15, 0.2) is 94.6 Å². The van der Waals surface area contributed by atoms with Crippen molar-refractivity contribution in [1.82, 2.24) is 19.8 Å². The van der Waals surface area contributed by atoms with Gasteiger partial charge in [0.05, 0.1) is 0 Å². The van der Waals surface area contributed by atoms with E-state index in [2.05, 4.69) is 16.2 Å². The van der Waals surface area contributed by atoms with E-state index in [1.54, 1.807) is 21.1 Å². The van der Waals surface area contributed by atoms with Gasteiger partial charge in [0.25, 0.3) is 0 Å². The zero-order chi connectivity index (χ0) is 41.3. The van der Waals surface area contributed by atoms with Gasteiger partial charge in [-0.3, -0.25) is 0 Å². The third-order valence-electron chi connectivity index (χ3n) is 9.71. The molecule has 3 N–H and O–H groups in total. The van der Waals surface area contributed by atoms with Crippen molar-refractivity contribution in [3.05, 3.63) is 128 Å². The summed E-state index contributed by atoms with van der Waals surface area (Å²) in [5, 5.41) is 27.6. The van der Waals surface area contributed by atoms with E-state index in [1.165, 1.54) is 10.8 Å². The molecule has 4 aromatic rings. The zero-order valence-corrected chi connectivity index (χ0v) is 36.7. The van der Waals surface area contributed by atoms with E-state index >= 15 is 0 Å². The van der Waals surface area contributed by atoms with Crippen molar-refractivity contribution in [2.24, 2.45) is 0 Å². The van der Waals surface area contributed by atoms with Gasteiger partial charge in [-0.25, -0.2) is 0 Å². The summed E-state index contributed by atoms with van der Waals surface area (Å²) in [4.78, 5) is 30.2. The van der Waals surface area contributed by atoms with E-state index in [9.17, 15) is 20.0 Å². The number of nitrogens with one attached hydrogen (secondary N) is 2. The summed E-state index contributed by atoms with van der Waals surface area (Å²) in [5.41, 5.74) is 0.139. The number of nitrogens with zero attached hydrogens (tertiary/aromatic N) is 3. The van der Waals surface area contributed by atoms with Crippen LogP contribution in [0.25, 0.3) is 0 Å². The molecule has 0 radical (unpaired) electrons. The number of ether oxygens (including phenoxy) is 4. The van der Waals surface area contributed by atoms with Gasteiger partial charge >= 0.3 is 347 Å². The molecule has 5 atom stereocenters. The maximum atomic E-state index is 13.4. The van der Waals surface area contributed by atoms with E-state index in [-0.39, 0.29) is 37.3 Å². The molecule has 1 aliphatic rings. The quantitative estimate of drug-likeness (QED) is 0.0362. The number of aliphatic hydroxyl groups is 1. The van der Waals surface area contributed by atoms with Crippen LogP contribution in [0.1, 0.15) is 62.6 Å². The van der Waals surface area contributed by atoms with Gasteiger partial charge in [0.1, 0.15) is 0 Å². The van der Waals surface area contributed by atoms with Crippen molar-refractivity contribution >= 4 is 29.4 Å². The molecule has 14 nitrogen and oxygen atoms in total. The number of nitriles is 1. The predicted octanol–water partition coefficient (Wildman–Crippen LogP) is 5.38. The SMILES string of the molecule is COc1ccc(C(OC[C@H]2O[C@@H](n3cc(C)c(=O)[nH]c3=O)[C@@](O)([Te]C)[C@@H]2OP(NN(C(C)C)C(C)C)OCCC#N)(c2ccccc2)c2ccc(OC)cc2)cc1. The number of H-pyrrole nitrogens is 1. The minimum absolute atomic E-state index is 0.0342. The van der Waals surface area contributed by atoms with E-state index in [4.69, 9.17) is 28.0 Å². The second-order valence-corrected chi connectivity index (χ2v) is 18.2. The van der Waals surface area contributed by atoms with Gasteiger partial charge in [-0.05, 0) is 0 Å². The molecule has 0 bridgehead atoms. The van der Waals surface area contributed by atoms with Crippen LogP contribution in [0, 0.1) is 18.3 Å². The molecule has 306 valence electrons. The Kier molecular flexibility index (Phi) is 15.5. The van der Waals surface area contributed by atoms with Crippen molar-refractivity contribution in [2.75, 3.05) is 27.4 Å². The van der Waals surface area contributed by atoms with Gasteiger partial charge in [-0.2, -0.15) is 0 Å². The van der Waals surface area contributed by atoms with Crippen LogP contribution < -0.4 is 25.9 Å². The number of methoxy groups -OCH3 is 2. The molecule has 16 heteroatoms. The van der Waals surface area contributed by atoms with Crippen molar-refractivity contribution < 1.29 is 33.1 Å². The fourth-order valence-corrected chi connectivity index (χ4v) is 10.9. The summed E-state index contributed by atoms with van der Waals surface area (Å²) in [7, 11) is 1.22. The summed E-state index contributed by atoms with van der Waals surface area (Å²) >= 11 is -1.42. The fraction of sp³-hybridized carbons (Fsp3) is 0.439. The average Bonchev–Trinajstić information content (AvgIpc) is 3.49. The summed E-state index contributed by atoms with van der Waals surface area (Å²) in [6.07, 6.45) is -1.82. The van der Waals surface area contributed by atoms with Crippen molar-refractivity contribution in [1.29, 1.82) is 5.26 Å². The number of hydrazine groups is 1. The molecule has 0 spiro atoms. The Balaban J connectivity index is 1.67. The molecule has 57 heavy (non-hydrogen) atoms. The third-order valence-corrected chi connectivity index (χ3v) is 14.0. The van der Waals surface area contributed by atoms with E-state index in [0.717, 1.165) is 16.7 Å². The first-order chi connectivity index (χ1) is 27.3. The van der Waals surface area contributed by atoms with E-state index in [1.807, 2.05) is 117 Å². The van der Waals surface area contributed by atoms with Crippen LogP contribution >= 0.6 is 8.53 Å². The molecule has 0 saturated carbocycles. The zero-order valence-electron chi connectivity index (χ0n) is 33.5. The average molecular weight is 917 g/mol. The van der Waals surface area contributed by atoms with Crippen LogP contribution in [0.3, 0.4) is 0 Å². The van der Waals surface area contributed by atoms with Gasteiger partial charge in [0.15, 0.2) is 0 Å². The van der Waals surface area contributed by atoms with Gasteiger partial charge in [0, 0.05) is 0 Å². The number of hydrogen-bond acceptors (Lipinski definition) is 12. The number of rotatable bonds is 19. The Labute approximate surface area is 345 Å². The molecule has 5 rings (SSSR count). The number of aromatic amines is 1. The van der Waals surface area contributed by atoms with Gasteiger partial charge in [0.2, 0.25) is 0 Å². The van der Waals surface area contributed by atoms with Crippen LogP contribution in [-0.4, -0.2) is 96.0 Å². The monoisotopic (exact) mass is 919 g/mol. The standard InChI is InChI=1S/C41H52N5O9PTe/c1-27(2)46(28(3)4)44-56(53-24-12-23-42)55-36-35(54-38(41(36,49)57-8)45-25-29(5)37(47)43-39(45)48)26-52-40(30-13-10-9-11-14-30,31-15-19-33(50-6)20-16-31)32-17-21-34(51-7)22-18-32/h9-11,13-22,25,27-28,35-36,38,44,49H,12,24,26H2,1-8H3,(H,43,47,48)/t35-,36-,38-,41+,56?/m1/s1. The summed E-state index contributed by atoms with van der Waals surface area (Å²) in [5.74, 6) is 1.33. The first kappa shape index (κ1) is 44.5. The Bertz CT molecular complexity index is 2010. The molecule has 1 fully saturated rings. The number of aryl methyl sites for hydroxylation is 1. The molecule has 1 aromatic heterocycles. The van der Waals surface area contributed by atoms with Crippen LogP contribution in [-0.2, 0) is 24.1 Å². The van der Waals surface area contributed by atoms with Gasteiger partial charge in [-0.15, -0.1) is 0 Å². The van der Waals surface area contributed by atoms with E-state index in [0.29, 0.717) is 11.5 Å². The minimum atomic E-state index is -1.99. The molecule has 1 unspecified atom stereocenters. The predicted molar refractivity (Wildman–Crippen MR) is 218 cm³/mol. The Morgan fingerprint density at radius 3 is 2.05 bits per heavy atom. The van der Waals surface area contributed by atoms with E-state index < -0.39 is 68.4 Å². The van der Waals surface area contributed by atoms with Crippen LogP contribution in [0.4, 0.5) is 0 Å². The molecular weight excluding hydrogens is 865 g/mol. The summed E-state index contributed by atoms with van der Waals surface area (Å²) < 4.78 is 37.5. The van der Waals surface area contributed by atoms with Crippen molar-refractivity contribution in [2.45, 2.75) is 85.8 Å². The Morgan fingerprint density at radius 1 is 0.982 bits per heavy atom. The van der Waals surface area contributed by atoms with Crippen molar-refractivity contribution in [3.63, 3.8) is 0 Å². The fourth-order valence-electron chi connectivity index (χ4n) is 6.82. The number of benzene rings is 3. The third kappa shape index (κ3) is 9.81. The topological polar surface area (TPSA) is 170 Å². The number of hydrogen-bond donors (Lipinski definition) is 3. The Hall–Kier alpha value is -3.63. The second-order valence-electron chi connectivity index (χ2n) is 14.0. The van der Waals surface area contributed by atoms with Gasteiger partial charge < -0.3 is 0 Å². The van der Waals surface area contributed by atoms with Crippen LogP contribution in [0.2, 0.25) is 4.97 Å². The maximum absolute atomic E-state index is 13.4. The molecule has 0 amide bonds. The molecule has 0 aliphatic carbocycles. The molecule has 1 aliphatic heterocycles. The first-order valence-electron chi connectivity index (χ1n) is 18.6. The normalized spacial score (nSPS) is 20.2.